The van der Waals surface area contributed by atoms with Gasteiger partial charge in [0.2, 0.25) is 11.7 Å². The molecule has 200 valence electrons. The SMILES string of the molecule is Cn1cc(-c2cc(-c3cnccn3)c3c(-c4ccc(CC(=O)Nc5cc(C(F)(F)F)on5)cc4)cnn3c2)cn1. The Balaban J connectivity index is 1.29. The maximum absolute atomic E-state index is 12.7. The van der Waals surface area contributed by atoms with Crippen LogP contribution in [0.15, 0.2) is 84.3 Å². The lowest BCUT2D eigenvalue weighted by Gasteiger charge is -2.10. The van der Waals surface area contributed by atoms with Gasteiger partial charge in [-0.3, -0.25) is 19.4 Å². The minimum atomic E-state index is -4.68. The molecule has 0 unspecified atom stereocenters. The number of hydrogen-bond donors (Lipinski definition) is 1. The van der Waals surface area contributed by atoms with Gasteiger partial charge in [0.1, 0.15) is 0 Å². The van der Waals surface area contributed by atoms with Crippen LogP contribution >= 0.6 is 0 Å². The topological polar surface area (TPSA) is 116 Å². The van der Waals surface area contributed by atoms with Crippen molar-refractivity contribution in [1.82, 2.24) is 34.5 Å². The highest BCUT2D eigenvalue weighted by atomic mass is 19.4. The fourth-order valence-electron chi connectivity index (χ4n) is 4.34. The maximum Gasteiger partial charge on any atom is 0.452 e. The number of fused-ring (bicyclic) bond motifs is 1. The van der Waals surface area contributed by atoms with Crippen molar-refractivity contribution in [2.75, 3.05) is 5.32 Å². The number of anilines is 1. The molecule has 0 spiro atoms. The van der Waals surface area contributed by atoms with E-state index in [4.69, 9.17) is 0 Å². The molecule has 5 heterocycles. The monoisotopic (exact) mass is 544 g/mol. The van der Waals surface area contributed by atoms with Crippen molar-refractivity contribution in [2.45, 2.75) is 12.6 Å². The van der Waals surface area contributed by atoms with Crippen LogP contribution in [0, 0.1) is 0 Å². The second-order valence-corrected chi connectivity index (χ2v) is 8.98. The van der Waals surface area contributed by atoms with Gasteiger partial charge in [-0.05, 0) is 17.2 Å². The van der Waals surface area contributed by atoms with E-state index in [-0.39, 0.29) is 12.2 Å². The Hall–Kier alpha value is -5.33. The van der Waals surface area contributed by atoms with Gasteiger partial charge in [0, 0.05) is 60.2 Å². The number of carbonyl (C=O) groups is 1. The van der Waals surface area contributed by atoms with Crippen LogP contribution in [0.4, 0.5) is 19.0 Å². The van der Waals surface area contributed by atoms with Crippen LogP contribution in [-0.2, 0) is 24.4 Å². The van der Waals surface area contributed by atoms with Crippen LogP contribution in [-0.4, -0.2) is 40.4 Å². The maximum atomic E-state index is 12.7. The van der Waals surface area contributed by atoms with Gasteiger partial charge in [0.05, 0.1) is 36.2 Å². The van der Waals surface area contributed by atoms with Gasteiger partial charge in [0.25, 0.3) is 0 Å². The van der Waals surface area contributed by atoms with E-state index in [1.807, 2.05) is 37.6 Å². The molecule has 0 saturated heterocycles. The summed E-state index contributed by atoms with van der Waals surface area (Å²) >= 11 is 0. The van der Waals surface area contributed by atoms with Crippen molar-refractivity contribution in [3.63, 3.8) is 0 Å². The summed E-state index contributed by atoms with van der Waals surface area (Å²) in [5.74, 6) is -2.12. The molecule has 1 amide bonds. The molecule has 0 aliphatic rings. The van der Waals surface area contributed by atoms with Gasteiger partial charge in [-0.15, -0.1) is 0 Å². The largest absolute Gasteiger partial charge is 0.452 e. The Morgan fingerprint density at radius 2 is 1.77 bits per heavy atom. The third-order valence-corrected chi connectivity index (χ3v) is 6.18. The molecule has 6 rings (SSSR count). The average molecular weight is 544 g/mol. The molecule has 5 aromatic heterocycles. The van der Waals surface area contributed by atoms with E-state index in [1.165, 1.54) is 0 Å². The Morgan fingerprint density at radius 3 is 2.45 bits per heavy atom. The van der Waals surface area contributed by atoms with E-state index < -0.39 is 17.8 Å². The third-order valence-electron chi connectivity index (χ3n) is 6.18. The van der Waals surface area contributed by atoms with Gasteiger partial charge in [-0.1, -0.05) is 29.4 Å². The number of alkyl halides is 3. The predicted octanol–water partition coefficient (Wildman–Crippen LogP) is 5.05. The first-order valence-corrected chi connectivity index (χ1v) is 11.9. The fraction of sp³-hybridized carbons (Fsp3) is 0.111. The summed E-state index contributed by atoms with van der Waals surface area (Å²) < 4.78 is 45.8. The molecule has 0 aliphatic heterocycles. The smallest absolute Gasteiger partial charge is 0.349 e. The summed E-state index contributed by atoms with van der Waals surface area (Å²) in [5, 5.41) is 14.4. The molecule has 0 atom stereocenters. The van der Waals surface area contributed by atoms with Crippen LogP contribution in [0.2, 0.25) is 0 Å². The van der Waals surface area contributed by atoms with Crippen molar-refractivity contribution in [1.29, 1.82) is 0 Å². The molecule has 0 radical (unpaired) electrons. The molecule has 0 fully saturated rings. The lowest BCUT2D eigenvalue weighted by molar-refractivity contribution is -0.155. The summed E-state index contributed by atoms with van der Waals surface area (Å²) in [6, 6.07) is 9.91. The van der Waals surface area contributed by atoms with Crippen molar-refractivity contribution in [3.05, 3.63) is 91.1 Å². The number of aryl methyl sites for hydroxylation is 1. The van der Waals surface area contributed by atoms with Crippen LogP contribution in [0.1, 0.15) is 11.3 Å². The van der Waals surface area contributed by atoms with Crippen molar-refractivity contribution >= 4 is 17.2 Å². The van der Waals surface area contributed by atoms with Crippen molar-refractivity contribution < 1.29 is 22.5 Å². The zero-order valence-corrected chi connectivity index (χ0v) is 20.8. The first-order chi connectivity index (χ1) is 19.2. The number of carbonyl (C=O) groups excluding carboxylic acids is 1. The molecule has 6 aromatic rings. The first-order valence-electron chi connectivity index (χ1n) is 11.9. The zero-order chi connectivity index (χ0) is 27.9. The number of pyridine rings is 1. The Kier molecular flexibility index (Phi) is 6.10. The average Bonchev–Trinajstić information content (AvgIpc) is 3.69. The second-order valence-electron chi connectivity index (χ2n) is 8.98. The number of halogens is 3. The van der Waals surface area contributed by atoms with E-state index in [0.29, 0.717) is 17.3 Å². The molecule has 40 heavy (non-hydrogen) atoms. The summed E-state index contributed by atoms with van der Waals surface area (Å²) in [6.07, 6.45) is 7.54. The quantitative estimate of drug-likeness (QED) is 0.312. The highest BCUT2D eigenvalue weighted by Gasteiger charge is 2.36. The molecule has 13 heteroatoms. The molecule has 1 aromatic carbocycles. The number of nitrogens with one attached hydrogen (secondary N) is 1. The lowest BCUT2D eigenvalue weighted by Crippen LogP contribution is -2.14. The van der Waals surface area contributed by atoms with Crippen molar-refractivity contribution in [3.8, 4) is 33.5 Å². The van der Waals surface area contributed by atoms with Gasteiger partial charge >= 0.3 is 6.18 Å². The molecular weight excluding hydrogens is 525 g/mol. The molecule has 0 saturated carbocycles. The van der Waals surface area contributed by atoms with E-state index in [0.717, 1.165) is 33.3 Å². The normalized spacial score (nSPS) is 11.7. The Morgan fingerprint density at radius 1 is 0.950 bits per heavy atom. The summed E-state index contributed by atoms with van der Waals surface area (Å²) in [7, 11) is 1.85. The van der Waals surface area contributed by atoms with E-state index >= 15 is 0 Å². The lowest BCUT2D eigenvalue weighted by atomic mass is 9.99. The fourth-order valence-corrected chi connectivity index (χ4v) is 4.34. The predicted molar refractivity (Wildman–Crippen MR) is 138 cm³/mol. The van der Waals surface area contributed by atoms with Crippen LogP contribution < -0.4 is 5.32 Å². The number of nitrogens with zero attached hydrogens (tertiary/aromatic N) is 7. The molecular formula is C27H19F3N8O2. The standard InChI is InChI=1S/C27H19F3N8O2/c1-37-14-19(11-33-37)18-9-20(22-13-31-6-7-32-22)26-21(12-34-38(26)15-18)17-4-2-16(3-5-17)8-25(39)35-24-10-23(40-36-24)27(28,29)30/h2-7,9-15H,8H2,1H3,(H,35,36,39). The summed E-state index contributed by atoms with van der Waals surface area (Å²) in [6.45, 7) is 0. The highest BCUT2D eigenvalue weighted by molar-refractivity contribution is 5.94. The van der Waals surface area contributed by atoms with Crippen LogP contribution in [0.3, 0.4) is 0 Å². The Bertz CT molecular complexity index is 1820. The van der Waals surface area contributed by atoms with Gasteiger partial charge in [-0.25, -0.2) is 4.52 Å². The van der Waals surface area contributed by atoms with Gasteiger partial charge < -0.3 is 9.84 Å². The highest BCUT2D eigenvalue weighted by Crippen LogP contribution is 2.35. The number of aromatic nitrogens is 7. The molecule has 0 aliphatic carbocycles. The Labute approximate surface area is 224 Å². The van der Waals surface area contributed by atoms with Gasteiger partial charge in [0.15, 0.2) is 5.82 Å². The zero-order valence-electron chi connectivity index (χ0n) is 20.8. The van der Waals surface area contributed by atoms with Crippen LogP contribution in [0.5, 0.6) is 0 Å². The molecule has 1 N–H and O–H groups in total. The first kappa shape index (κ1) is 25.0. The summed E-state index contributed by atoms with van der Waals surface area (Å²) in [4.78, 5) is 21.1. The minimum Gasteiger partial charge on any atom is -0.349 e. The van der Waals surface area contributed by atoms with Crippen LogP contribution in [0.25, 0.3) is 39.0 Å². The van der Waals surface area contributed by atoms with Crippen molar-refractivity contribution in [2.24, 2.45) is 7.05 Å². The van der Waals surface area contributed by atoms with E-state index in [2.05, 4.69) is 35.2 Å². The molecule has 10 nitrogen and oxygen atoms in total. The van der Waals surface area contributed by atoms with Gasteiger partial charge in [-0.2, -0.15) is 23.4 Å². The number of hydrogen-bond acceptors (Lipinski definition) is 7. The second kappa shape index (κ2) is 9.76. The number of benzene rings is 1. The van der Waals surface area contributed by atoms with E-state index in [1.54, 1.807) is 52.3 Å². The minimum absolute atomic E-state index is 0.0669. The molecule has 0 bridgehead atoms. The van der Waals surface area contributed by atoms with E-state index in [9.17, 15) is 18.0 Å². The number of amides is 1. The third kappa shape index (κ3) is 4.91. The summed E-state index contributed by atoms with van der Waals surface area (Å²) in [5.41, 5.74) is 6.52. The number of rotatable bonds is 6.